The van der Waals surface area contributed by atoms with Crippen molar-refractivity contribution in [2.45, 2.75) is 39.2 Å². The third kappa shape index (κ3) is 5.19. The number of hydrogen-bond acceptors (Lipinski definition) is 3. The molecule has 0 rings (SSSR count). The maximum absolute atomic E-state index is 11.4. The van der Waals surface area contributed by atoms with E-state index < -0.39 is 0 Å². The Hall–Kier alpha value is -0.610. The molecule has 0 fully saturated rings. The van der Waals surface area contributed by atoms with Gasteiger partial charge in [-0.05, 0) is 25.3 Å². The van der Waals surface area contributed by atoms with Crippen LogP contribution in [-0.4, -0.2) is 25.0 Å². The number of amides is 1. The largest absolute Gasteiger partial charge is 0.355 e. The van der Waals surface area contributed by atoms with Gasteiger partial charge in [0.05, 0.1) is 6.04 Å². The summed E-state index contributed by atoms with van der Waals surface area (Å²) in [7, 11) is 0. The Kier molecular flexibility index (Phi) is 7.42. The Morgan fingerprint density at radius 1 is 1.43 bits per heavy atom. The molecule has 0 aliphatic heterocycles. The van der Waals surface area contributed by atoms with Gasteiger partial charge < -0.3 is 16.8 Å². The van der Waals surface area contributed by atoms with E-state index in [4.69, 9.17) is 11.5 Å². The third-order valence-electron chi connectivity index (χ3n) is 2.49. The summed E-state index contributed by atoms with van der Waals surface area (Å²) in [6.45, 7) is 5.38. The number of rotatable bonds is 7. The van der Waals surface area contributed by atoms with Crippen molar-refractivity contribution in [2.24, 2.45) is 17.4 Å². The van der Waals surface area contributed by atoms with Crippen LogP contribution in [0.5, 0.6) is 0 Å². The summed E-state index contributed by atoms with van der Waals surface area (Å²) in [5.74, 6) is 0.195. The standard InChI is InChI=1S/C10H23N3O/c1-3-8(2)9(12)10(14)13-7-5-4-6-11/h8-9H,3-7,11-12H2,1-2H3,(H,13,14). The van der Waals surface area contributed by atoms with Gasteiger partial charge >= 0.3 is 0 Å². The molecule has 84 valence electrons. The monoisotopic (exact) mass is 201 g/mol. The predicted octanol–water partition coefficient (Wildman–Crippen LogP) is 0.215. The number of nitrogens with two attached hydrogens (primary N) is 2. The number of carbonyl (C=O) groups is 1. The van der Waals surface area contributed by atoms with Gasteiger partial charge in [0.15, 0.2) is 0 Å². The predicted molar refractivity (Wildman–Crippen MR) is 58.7 cm³/mol. The molecule has 14 heavy (non-hydrogen) atoms. The summed E-state index contributed by atoms with van der Waals surface area (Å²) in [6.07, 6.45) is 2.80. The van der Waals surface area contributed by atoms with Gasteiger partial charge in [-0.15, -0.1) is 0 Å². The maximum atomic E-state index is 11.4. The second kappa shape index (κ2) is 7.76. The molecule has 2 atom stereocenters. The van der Waals surface area contributed by atoms with Crippen molar-refractivity contribution in [1.29, 1.82) is 0 Å². The molecule has 0 aromatic carbocycles. The lowest BCUT2D eigenvalue weighted by molar-refractivity contribution is -0.123. The molecule has 5 N–H and O–H groups in total. The summed E-state index contributed by atoms with van der Waals surface area (Å²) in [5, 5.41) is 2.81. The second-order valence-electron chi connectivity index (χ2n) is 3.70. The first-order valence-corrected chi connectivity index (χ1v) is 5.36. The third-order valence-corrected chi connectivity index (χ3v) is 2.49. The van der Waals surface area contributed by atoms with Crippen LogP contribution in [0.15, 0.2) is 0 Å². The van der Waals surface area contributed by atoms with Crippen LogP contribution in [0.1, 0.15) is 33.1 Å². The Balaban J connectivity index is 3.62. The van der Waals surface area contributed by atoms with Crippen LogP contribution in [0.25, 0.3) is 0 Å². The van der Waals surface area contributed by atoms with Gasteiger partial charge in [0.25, 0.3) is 0 Å². The Morgan fingerprint density at radius 2 is 2.07 bits per heavy atom. The summed E-state index contributed by atoms with van der Waals surface area (Å²) >= 11 is 0. The topological polar surface area (TPSA) is 81.1 Å². The minimum absolute atomic E-state index is 0.0450. The number of nitrogens with one attached hydrogen (secondary N) is 1. The summed E-state index contributed by atoms with van der Waals surface area (Å²) < 4.78 is 0. The van der Waals surface area contributed by atoms with Crippen molar-refractivity contribution < 1.29 is 4.79 Å². The van der Waals surface area contributed by atoms with E-state index in [2.05, 4.69) is 5.32 Å². The number of unbranched alkanes of at least 4 members (excludes halogenated alkanes) is 1. The molecule has 0 aliphatic rings. The minimum Gasteiger partial charge on any atom is -0.355 e. The minimum atomic E-state index is -0.377. The van der Waals surface area contributed by atoms with Gasteiger partial charge in [0, 0.05) is 6.54 Å². The fourth-order valence-electron chi connectivity index (χ4n) is 1.11. The molecule has 1 amide bonds. The van der Waals surface area contributed by atoms with Gasteiger partial charge in [-0.2, -0.15) is 0 Å². The van der Waals surface area contributed by atoms with E-state index in [1.807, 2.05) is 13.8 Å². The number of carbonyl (C=O) groups excluding carboxylic acids is 1. The van der Waals surface area contributed by atoms with Crippen molar-refractivity contribution in [3.05, 3.63) is 0 Å². The lowest BCUT2D eigenvalue weighted by atomic mass is 9.99. The molecule has 0 radical (unpaired) electrons. The van der Waals surface area contributed by atoms with Crippen LogP contribution in [0.3, 0.4) is 0 Å². The van der Waals surface area contributed by atoms with Crippen molar-refractivity contribution in [1.82, 2.24) is 5.32 Å². The van der Waals surface area contributed by atoms with E-state index in [0.29, 0.717) is 13.1 Å². The van der Waals surface area contributed by atoms with Gasteiger partial charge in [-0.1, -0.05) is 20.3 Å². The molecule has 2 unspecified atom stereocenters. The Labute approximate surface area is 86.4 Å². The van der Waals surface area contributed by atoms with Gasteiger partial charge in [-0.25, -0.2) is 0 Å². The van der Waals surface area contributed by atoms with Crippen LogP contribution in [0, 0.1) is 5.92 Å². The average molecular weight is 201 g/mol. The highest BCUT2D eigenvalue weighted by Crippen LogP contribution is 2.04. The molecule has 0 aromatic heterocycles. The molecule has 0 saturated heterocycles. The first kappa shape index (κ1) is 13.4. The van der Waals surface area contributed by atoms with Crippen LogP contribution >= 0.6 is 0 Å². The first-order valence-electron chi connectivity index (χ1n) is 5.36. The summed E-state index contributed by atoms with van der Waals surface area (Å²) in [4.78, 5) is 11.4. The molecule has 0 heterocycles. The molecule has 0 aromatic rings. The summed E-state index contributed by atoms with van der Waals surface area (Å²) in [6, 6.07) is -0.377. The van der Waals surface area contributed by atoms with Crippen molar-refractivity contribution in [2.75, 3.05) is 13.1 Å². The molecule has 0 aliphatic carbocycles. The fraction of sp³-hybridized carbons (Fsp3) is 0.900. The normalized spacial score (nSPS) is 14.9. The average Bonchev–Trinajstić information content (AvgIpc) is 2.21. The Morgan fingerprint density at radius 3 is 2.57 bits per heavy atom. The lowest BCUT2D eigenvalue weighted by Gasteiger charge is -2.17. The zero-order chi connectivity index (χ0) is 11.0. The van der Waals surface area contributed by atoms with E-state index in [0.717, 1.165) is 19.3 Å². The van der Waals surface area contributed by atoms with E-state index >= 15 is 0 Å². The molecule has 0 bridgehead atoms. The van der Waals surface area contributed by atoms with E-state index in [1.54, 1.807) is 0 Å². The van der Waals surface area contributed by atoms with Gasteiger partial charge in [0.2, 0.25) is 5.91 Å². The van der Waals surface area contributed by atoms with Crippen LogP contribution < -0.4 is 16.8 Å². The lowest BCUT2D eigenvalue weighted by Crippen LogP contribution is -2.44. The van der Waals surface area contributed by atoms with E-state index in [1.165, 1.54) is 0 Å². The van der Waals surface area contributed by atoms with Crippen molar-refractivity contribution >= 4 is 5.91 Å². The van der Waals surface area contributed by atoms with Gasteiger partial charge in [-0.3, -0.25) is 4.79 Å². The first-order chi connectivity index (χ1) is 6.63. The van der Waals surface area contributed by atoms with Crippen molar-refractivity contribution in [3.8, 4) is 0 Å². The van der Waals surface area contributed by atoms with E-state index in [9.17, 15) is 4.79 Å². The zero-order valence-corrected chi connectivity index (χ0v) is 9.25. The smallest absolute Gasteiger partial charge is 0.237 e. The number of hydrogen-bond donors (Lipinski definition) is 3. The van der Waals surface area contributed by atoms with Crippen LogP contribution in [-0.2, 0) is 4.79 Å². The zero-order valence-electron chi connectivity index (χ0n) is 9.25. The molecular weight excluding hydrogens is 178 g/mol. The highest BCUT2D eigenvalue weighted by Gasteiger charge is 2.18. The molecule has 0 saturated carbocycles. The van der Waals surface area contributed by atoms with Crippen molar-refractivity contribution in [3.63, 3.8) is 0 Å². The van der Waals surface area contributed by atoms with Crippen LogP contribution in [0.4, 0.5) is 0 Å². The second-order valence-corrected chi connectivity index (χ2v) is 3.70. The molecular formula is C10H23N3O. The SMILES string of the molecule is CCC(C)C(N)C(=O)NCCCCN. The Bertz CT molecular complexity index is 161. The highest BCUT2D eigenvalue weighted by molar-refractivity contribution is 5.81. The maximum Gasteiger partial charge on any atom is 0.237 e. The quantitative estimate of drug-likeness (QED) is 0.515. The molecule has 4 nitrogen and oxygen atoms in total. The fourth-order valence-corrected chi connectivity index (χ4v) is 1.11. The molecule has 0 spiro atoms. The van der Waals surface area contributed by atoms with E-state index in [-0.39, 0.29) is 17.9 Å². The van der Waals surface area contributed by atoms with Crippen LogP contribution in [0.2, 0.25) is 0 Å². The molecule has 4 heteroatoms. The van der Waals surface area contributed by atoms with Gasteiger partial charge in [0.1, 0.15) is 0 Å². The summed E-state index contributed by atoms with van der Waals surface area (Å²) in [5.41, 5.74) is 11.1. The highest BCUT2D eigenvalue weighted by atomic mass is 16.2.